The maximum atomic E-state index is 5.64. The zero-order valence-corrected chi connectivity index (χ0v) is 18.7. The molecule has 2 aromatic rings. The Kier molecular flexibility index (Phi) is 6.82. The van der Waals surface area contributed by atoms with E-state index in [1.807, 2.05) is 25.2 Å². The molecule has 1 aromatic heterocycles. The van der Waals surface area contributed by atoms with Crippen LogP contribution in [0.2, 0.25) is 0 Å². The van der Waals surface area contributed by atoms with E-state index in [9.17, 15) is 0 Å². The summed E-state index contributed by atoms with van der Waals surface area (Å²) in [5, 5.41) is 6.67. The Morgan fingerprint density at radius 1 is 1.20 bits per heavy atom. The number of ether oxygens (including phenoxy) is 2. The highest BCUT2D eigenvalue weighted by molar-refractivity contribution is 5.84. The number of aryl methyl sites for hydroxylation is 1. The van der Waals surface area contributed by atoms with Crippen molar-refractivity contribution in [3.05, 3.63) is 30.0 Å². The van der Waals surface area contributed by atoms with Gasteiger partial charge in [-0.15, -0.1) is 0 Å². The first kappa shape index (κ1) is 21.9. The van der Waals surface area contributed by atoms with Crippen LogP contribution >= 0.6 is 0 Å². The molecule has 0 bridgehead atoms. The predicted molar refractivity (Wildman–Crippen MR) is 124 cm³/mol. The van der Waals surface area contributed by atoms with Crippen molar-refractivity contribution >= 4 is 29.6 Å². The monoisotopic (exact) mass is 411 g/mol. The summed E-state index contributed by atoms with van der Waals surface area (Å²) in [5.41, 5.74) is 4.13. The van der Waals surface area contributed by atoms with Gasteiger partial charge in [0.25, 0.3) is 0 Å². The van der Waals surface area contributed by atoms with E-state index in [0.717, 1.165) is 60.2 Å². The van der Waals surface area contributed by atoms with Gasteiger partial charge < -0.3 is 25.0 Å². The van der Waals surface area contributed by atoms with E-state index in [4.69, 9.17) is 9.47 Å². The van der Waals surface area contributed by atoms with Gasteiger partial charge in [-0.2, -0.15) is 0 Å². The molecular weight excluding hydrogens is 378 g/mol. The topological polar surface area (TPSA) is 71.0 Å². The normalized spacial score (nSPS) is 12.7. The largest absolute Gasteiger partial charge is 0.454 e. The van der Waals surface area contributed by atoms with Gasteiger partial charge in [0.15, 0.2) is 17.3 Å². The fraction of sp³-hybridized carbons (Fsp3) is 0.478. The van der Waals surface area contributed by atoms with Crippen LogP contribution in [0.1, 0.15) is 32.8 Å². The highest BCUT2D eigenvalue weighted by Gasteiger charge is 2.22. The maximum Gasteiger partial charge on any atom is 0.231 e. The number of fused-ring (bicyclic) bond motifs is 1. The summed E-state index contributed by atoms with van der Waals surface area (Å²) in [6.45, 7) is 15.6. The molecule has 2 heterocycles. The van der Waals surface area contributed by atoms with Gasteiger partial charge in [0.2, 0.25) is 6.79 Å². The molecule has 0 aliphatic carbocycles. The Hall–Kier alpha value is -2.80. The minimum absolute atomic E-state index is 0.258. The zero-order chi connectivity index (χ0) is 21.7. The molecular formula is C23H33N5O2. The molecule has 0 radical (unpaired) electrons. The first-order valence-electron chi connectivity index (χ1n) is 10.4. The number of benzene rings is 1. The third kappa shape index (κ3) is 5.02. The Balaban J connectivity index is 1.91. The summed E-state index contributed by atoms with van der Waals surface area (Å²) >= 11 is 0. The van der Waals surface area contributed by atoms with E-state index in [1.165, 1.54) is 0 Å². The minimum Gasteiger partial charge on any atom is -0.454 e. The molecule has 0 unspecified atom stereocenters. The number of aromatic nitrogens is 1. The highest BCUT2D eigenvalue weighted by Crippen LogP contribution is 2.43. The number of hydrogen-bond acceptors (Lipinski definition) is 7. The Labute approximate surface area is 179 Å². The van der Waals surface area contributed by atoms with Crippen LogP contribution in [-0.2, 0) is 0 Å². The summed E-state index contributed by atoms with van der Waals surface area (Å²) in [7, 11) is 1.84. The lowest BCUT2D eigenvalue weighted by Crippen LogP contribution is -2.30. The molecule has 0 saturated carbocycles. The lowest BCUT2D eigenvalue weighted by Gasteiger charge is -2.29. The second-order valence-corrected chi connectivity index (χ2v) is 8.67. The molecule has 0 amide bonds. The first-order valence-corrected chi connectivity index (χ1v) is 10.4. The van der Waals surface area contributed by atoms with E-state index in [0.29, 0.717) is 5.82 Å². The summed E-state index contributed by atoms with van der Waals surface area (Å²) < 4.78 is 11.2. The third-order valence-corrected chi connectivity index (χ3v) is 4.96. The minimum atomic E-state index is 0.258. The van der Waals surface area contributed by atoms with Crippen LogP contribution in [-0.4, -0.2) is 45.2 Å². The number of pyridine rings is 1. The standard InChI is InChI=1S/C23H33N5O2/c1-16-12-19-20(30-15-29-19)13-18(16)28(11-7-9-26-14-23(2,3)4)17-8-10-27-22(25-6)21(17)24-5/h8,10,12-13,26H,5,7,9,11,14-15H2,1-4,6H3,(H,25,27). The second kappa shape index (κ2) is 9.34. The molecule has 0 saturated heterocycles. The van der Waals surface area contributed by atoms with Crippen LogP contribution in [0.4, 0.5) is 22.9 Å². The van der Waals surface area contributed by atoms with E-state index < -0.39 is 0 Å². The van der Waals surface area contributed by atoms with Crippen molar-refractivity contribution in [1.82, 2.24) is 10.3 Å². The summed E-state index contributed by atoms with van der Waals surface area (Å²) in [6.07, 6.45) is 2.76. The Bertz CT molecular complexity index is 892. The van der Waals surface area contributed by atoms with Crippen molar-refractivity contribution in [3.63, 3.8) is 0 Å². The van der Waals surface area contributed by atoms with Crippen molar-refractivity contribution in [2.24, 2.45) is 10.4 Å². The number of rotatable bonds is 9. The highest BCUT2D eigenvalue weighted by atomic mass is 16.7. The van der Waals surface area contributed by atoms with E-state index in [-0.39, 0.29) is 12.2 Å². The molecule has 0 atom stereocenters. The van der Waals surface area contributed by atoms with E-state index in [2.05, 4.69) is 59.9 Å². The number of aliphatic imine (C=N–C) groups is 1. The van der Waals surface area contributed by atoms with Gasteiger partial charge in [-0.3, -0.25) is 4.99 Å². The molecule has 30 heavy (non-hydrogen) atoms. The third-order valence-electron chi connectivity index (χ3n) is 4.96. The summed E-state index contributed by atoms with van der Waals surface area (Å²) in [6, 6.07) is 6.06. The van der Waals surface area contributed by atoms with Crippen LogP contribution in [0, 0.1) is 12.3 Å². The molecule has 1 aliphatic heterocycles. The number of anilines is 3. The van der Waals surface area contributed by atoms with Crippen molar-refractivity contribution < 1.29 is 9.47 Å². The average Bonchev–Trinajstić information content (AvgIpc) is 3.16. The SMILES string of the molecule is C=Nc1c(N(CCCNCC(C)(C)C)c2cc3c(cc2C)OCO3)ccnc1NC. The van der Waals surface area contributed by atoms with Gasteiger partial charge in [-0.25, -0.2) is 4.98 Å². The molecule has 7 heteroatoms. The predicted octanol–water partition coefficient (Wildman–Crippen LogP) is 4.66. The molecule has 162 valence electrons. The van der Waals surface area contributed by atoms with E-state index in [1.54, 1.807) is 6.20 Å². The lowest BCUT2D eigenvalue weighted by atomic mass is 9.97. The van der Waals surface area contributed by atoms with Crippen molar-refractivity contribution in [1.29, 1.82) is 0 Å². The Morgan fingerprint density at radius 2 is 1.93 bits per heavy atom. The van der Waals surface area contributed by atoms with Crippen LogP contribution in [0.15, 0.2) is 29.4 Å². The molecule has 1 aromatic carbocycles. The molecule has 0 fully saturated rings. The molecule has 0 spiro atoms. The fourth-order valence-electron chi connectivity index (χ4n) is 3.52. The zero-order valence-electron chi connectivity index (χ0n) is 18.7. The van der Waals surface area contributed by atoms with Crippen LogP contribution in [0.3, 0.4) is 0 Å². The molecule has 7 nitrogen and oxygen atoms in total. The van der Waals surface area contributed by atoms with Crippen LogP contribution in [0.5, 0.6) is 11.5 Å². The lowest BCUT2D eigenvalue weighted by molar-refractivity contribution is 0.174. The van der Waals surface area contributed by atoms with Gasteiger partial charge in [0, 0.05) is 31.5 Å². The first-order chi connectivity index (χ1) is 14.3. The summed E-state index contributed by atoms with van der Waals surface area (Å²) in [4.78, 5) is 10.9. The smallest absolute Gasteiger partial charge is 0.231 e. The van der Waals surface area contributed by atoms with Crippen molar-refractivity contribution in [2.75, 3.05) is 43.7 Å². The number of nitrogens with one attached hydrogen (secondary N) is 2. The van der Waals surface area contributed by atoms with Gasteiger partial charge in [0.05, 0.1) is 5.69 Å². The van der Waals surface area contributed by atoms with Crippen LogP contribution < -0.4 is 25.0 Å². The molecule has 2 N–H and O–H groups in total. The number of hydrogen-bond donors (Lipinski definition) is 2. The second-order valence-electron chi connectivity index (χ2n) is 8.67. The van der Waals surface area contributed by atoms with E-state index >= 15 is 0 Å². The van der Waals surface area contributed by atoms with Gasteiger partial charge in [-0.1, -0.05) is 20.8 Å². The molecule has 1 aliphatic rings. The van der Waals surface area contributed by atoms with Gasteiger partial charge >= 0.3 is 0 Å². The van der Waals surface area contributed by atoms with Crippen molar-refractivity contribution in [2.45, 2.75) is 34.1 Å². The quantitative estimate of drug-likeness (QED) is 0.462. The van der Waals surface area contributed by atoms with Crippen LogP contribution in [0.25, 0.3) is 0 Å². The Morgan fingerprint density at radius 3 is 2.60 bits per heavy atom. The fourth-order valence-corrected chi connectivity index (χ4v) is 3.52. The molecule has 3 rings (SSSR count). The van der Waals surface area contributed by atoms with Crippen molar-refractivity contribution in [3.8, 4) is 11.5 Å². The summed E-state index contributed by atoms with van der Waals surface area (Å²) in [5.74, 6) is 2.26. The van der Waals surface area contributed by atoms with Gasteiger partial charge in [0.1, 0.15) is 5.69 Å². The number of nitrogens with zero attached hydrogens (tertiary/aromatic N) is 3. The average molecular weight is 412 g/mol. The van der Waals surface area contributed by atoms with Gasteiger partial charge in [-0.05, 0) is 56.3 Å². The maximum absolute atomic E-state index is 5.64.